The molecule has 19 heavy (non-hydrogen) atoms. The largest absolute Gasteiger partial charge is 0.496 e. The van der Waals surface area contributed by atoms with Crippen molar-refractivity contribution >= 4 is 17.0 Å². The first kappa shape index (κ1) is 11.7. The zero-order valence-corrected chi connectivity index (χ0v) is 11.0. The van der Waals surface area contributed by atoms with Crippen molar-refractivity contribution in [3.8, 4) is 27.9 Å². The Morgan fingerprint density at radius 2 is 2.16 bits per heavy atom. The van der Waals surface area contributed by atoms with Crippen molar-refractivity contribution in [1.82, 2.24) is 10.1 Å². The molecule has 0 fully saturated rings. The predicted molar refractivity (Wildman–Crippen MR) is 74.0 cm³/mol. The van der Waals surface area contributed by atoms with Crippen molar-refractivity contribution in [2.45, 2.75) is 0 Å². The number of ether oxygens (including phenoxy) is 1. The van der Waals surface area contributed by atoms with Gasteiger partial charge in [-0.15, -0.1) is 11.3 Å². The lowest BCUT2D eigenvalue weighted by atomic mass is 10.2. The Balaban J connectivity index is 1.97. The van der Waals surface area contributed by atoms with Crippen molar-refractivity contribution in [3.05, 3.63) is 35.7 Å². The van der Waals surface area contributed by atoms with Gasteiger partial charge in [-0.25, -0.2) is 0 Å². The van der Waals surface area contributed by atoms with Crippen molar-refractivity contribution < 1.29 is 9.26 Å². The molecular formula is C13H11N3O2S. The first-order valence-corrected chi connectivity index (χ1v) is 6.47. The molecule has 0 unspecified atom stereocenters. The third kappa shape index (κ3) is 2.17. The van der Waals surface area contributed by atoms with Crippen molar-refractivity contribution in [2.24, 2.45) is 0 Å². The molecule has 3 aromatic rings. The van der Waals surface area contributed by atoms with Crippen LogP contribution < -0.4 is 10.5 Å². The summed E-state index contributed by atoms with van der Waals surface area (Å²) in [6.45, 7) is 0. The number of benzene rings is 1. The van der Waals surface area contributed by atoms with E-state index < -0.39 is 0 Å². The van der Waals surface area contributed by atoms with Crippen LogP contribution in [0.3, 0.4) is 0 Å². The molecule has 1 aromatic carbocycles. The number of thiophene rings is 1. The van der Waals surface area contributed by atoms with E-state index >= 15 is 0 Å². The fourth-order valence-corrected chi connectivity index (χ4v) is 2.45. The summed E-state index contributed by atoms with van der Waals surface area (Å²) in [6.07, 6.45) is 0. The number of para-hydroxylation sites is 1. The second-order valence-corrected chi connectivity index (χ2v) is 4.77. The molecule has 2 N–H and O–H groups in total. The lowest BCUT2D eigenvalue weighted by Crippen LogP contribution is -1.90. The van der Waals surface area contributed by atoms with E-state index in [2.05, 4.69) is 10.1 Å². The van der Waals surface area contributed by atoms with Gasteiger partial charge >= 0.3 is 0 Å². The van der Waals surface area contributed by atoms with Gasteiger partial charge in [0.25, 0.3) is 5.89 Å². The van der Waals surface area contributed by atoms with Gasteiger partial charge in [-0.2, -0.15) is 4.98 Å². The van der Waals surface area contributed by atoms with E-state index in [1.807, 2.05) is 29.6 Å². The summed E-state index contributed by atoms with van der Waals surface area (Å²) in [6, 6.07) is 9.27. The molecule has 0 saturated carbocycles. The van der Waals surface area contributed by atoms with Gasteiger partial charge in [-0.3, -0.25) is 0 Å². The molecule has 2 aromatic heterocycles. The molecule has 0 saturated heterocycles. The maximum absolute atomic E-state index is 5.89. The van der Waals surface area contributed by atoms with Crippen LogP contribution in [0.15, 0.2) is 40.2 Å². The summed E-state index contributed by atoms with van der Waals surface area (Å²) in [5.41, 5.74) is 7.28. The lowest BCUT2D eigenvalue weighted by Gasteiger charge is -1.97. The fourth-order valence-electron chi connectivity index (χ4n) is 1.67. The number of anilines is 1. The number of nitrogens with two attached hydrogens (primary N) is 1. The number of rotatable bonds is 3. The quantitative estimate of drug-likeness (QED) is 0.742. The van der Waals surface area contributed by atoms with Crippen LogP contribution >= 0.6 is 11.3 Å². The van der Waals surface area contributed by atoms with Crippen LogP contribution in [-0.2, 0) is 0 Å². The molecule has 2 heterocycles. The average Bonchev–Trinajstić information content (AvgIpc) is 3.08. The van der Waals surface area contributed by atoms with Crippen LogP contribution in [0.1, 0.15) is 0 Å². The Labute approximate surface area is 113 Å². The van der Waals surface area contributed by atoms with Crippen LogP contribution in [0.5, 0.6) is 5.75 Å². The number of aromatic nitrogens is 2. The summed E-state index contributed by atoms with van der Waals surface area (Å²) in [5, 5.41) is 5.84. The number of nitrogen functional groups attached to an aromatic ring is 1. The number of hydrogen-bond donors (Lipinski definition) is 1. The van der Waals surface area contributed by atoms with Crippen LogP contribution in [0.2, 0.25) is 0 Å². The van der Waals surface area contributed by atoms with E-state index in [4.69, 9.17) is 15.0 Å². The highest BCUT2D eigenvalue weighted by Crippen LogP contribution is 2.31. The minimum absolute atomic E-state index is 0.464. The molecule has 5 nitrogen and oxygen atoms in total. The first-order chi connectivity index (χ1) is 9.28. The van der Waals surface area contributed by atoms with Crippen molar-refractivity contribution in [3.63, 3.8) is 0 Å². The molecule has 0 amide bonds. The third-order valence-corrected chi connectivity index (χ3v) is 3.55. The van der Waals surface area contributed by atoms with E-state index in [-0.39, 0.29) is 0 Å². The second-order valence-electron chi connectivity index (χ2n) is 3.86. The fraction of sp³-hybridized carbons (Fsp3) is 0.0769. The SMILES string of the molecule is COc1csc(-c2nc(-c3ccccc3N)no2)c1. The maximum atomic E-state index is 5.89. The molecule has 0 radical (unpaired) electrons. The van der Waals surface area contributed by atoms with E-state index in [1.165, 1.54) is 11.3 Å². The Morgan fingerprint density at radius 1 is 1.32 bits per heavy atom. The normalized spacial score (nSPS) is 10.6. The summed E-state index contributed by atoms with van der Waals surface area (Å²) in [5.74, 6) is 1.73. The van der Waals surface area contributed by atoms with Crippen LogP contribution in [0.4, 0.5) is 5.69 Å². The molecule has 0 bridgehead atoms. The van der Waals surface area contributed by atoms with Crippen LogP contribution in [-0.4, -0.2) is 17.3 Å². The predicted octanol–water partition coefficient (Wildman–Crippen LogP) is 3.06. The number of methoxy groups -OCH3 is 1. The highest BCUT2D eigenvalue weighted by Gasteiger charge is 2.14. The highest BCUT2D eigenvalue weighted by atomic mass is 32.1. The topological polar surface area (TPSA) is 74.2 Å². The average molecular weight is 273 g/mol. The zero-order valence-electron chi connectivity index (χ0n) is 10.2. The van der Waals surface area contributed by atoms with Crippen molar-refractivity contribution in [1.29, 1.82) is 0 Å². The number of nitrogens with zero attached hydrogens (tertiary/aromatic N) is 2. The summed E-state index contributed by atoms with van der Waals surface area (Å²) < 4.78 is 10.4. The molecule has 0 atom stereocenters. The minimum atomic E-state index is 0.464. The second kappa shape index (κ2) is 4.74. The molecule has 0 aliphatic heterocycles. The molecular weight excluding hydrogens is 262 g/mol. The van der Waals surface area contributed by atoms with Gasteiger partial charge in [0, 0.05) is 22.7 Å². The standard InChI is InChI=1S/C13H11N3O2S/c1-17-8-6-11(19-7-8)13-15-12(16-18-13)9-4-2-3-5-10(9)14/h2-7H,14H2,1H3. The molecule has 0 aliphatic rings. The van der Waals surface area contributed by atoms with Crippen molar-refractivity contribution in [2.75, 3.05) is 12.8 Å². The van der Waals surface area contributed by atoms with Gasteiger partial charge in [0.15, 0.2) is 0 Å². The Hall–Kier alpha value is -2.34. The van der Waals surface area contributed by atoms with Gasteiger partial charge in [-0.05, 0) is 12.1 Å². The Bertz CT molecular complexity index is 705. The highest BCUT2D eigenvalue weighted by molar-refractivity contribution is 7.13. The van der Waals surface area contributed by atoms with E-state index in [0.717, 1.165) is 16.2 Å². The summed E-state index contributed by atoms with van der Waals surface area (Å²) >= 11 is 1.49. The minimum Gasteiger partial charge on any atom is -0.496 e. The first-order valence-electron chi connectivity index (χ1n) is 5.59. The summed E-state index contributed by atoms with van der Waals surface area (Å²) in [4.78, 5) is 5.22. The molecule has 3 rings (SSSR count). The molecule has 96 valence electrons. The van der Waals surface area contributed by atoms with Gasteiger partial charge < -0.3 is 15.0 Å². The van der Waals surface area contributed by atoms with Gasteiger partial charge in [0.1, 0.15) is 5.75 Å². The molecule has 0 spiro atoms. The molecule has 6 heteroatoms. The van der Waals surface area contributed by atoms with Gasteiger partial charge in [0.05, 0.1) is 12.0 Å². The van der Waals surface area contributed by atoms with E-state index in [0.29, 0.717) is 17.4 Å². The zero-order chi connectivity index (χ0) is 13.2. The smallest absolute Gasteiger partial charge is 0.268 e. The van der Waals surface area contributed by atoms with Crippen LogP contribution in [0, 0.1) is 0 Å². The molecule has 0 aliphatic carbocycles. The summed E-state index contributed by atoms with van der Waals surface area (Å²) in [7, 11) is 1.62. The van der Waals surface area contributed by atoms with E-state index in [9.17, 15) is 0 Å². The maximum Gasteiger partial charge on any atom is 0.268 e. The third-order valence-electron chi connectivity index (χ3n) is 2.65. The van der Waals surface area contributed by atoms with E-state index in [1.54, 1.807) is 13.2 Å². The van der Waals surface area contributed by atoms with Crippen LogP contribution in [0.25, 0.3) is 22.2 Å². The number of hydrogen-bond acceptors (Lipinski definition) is 6. The lowest BCUT2D eigenvalue weighted by molar-refractivity contribution is 0.415. The Morgan fingerprint density at radius 3 is 2.89 bits per heavy atom. The van der Waals surface area contributed by atoms with Gasteiger partial charge in [0.2, 0.25) is 5.82 Å². The van der Waals surface area contributed by atoms with Gasteiger partial charge in [-0.1, -0.05) is 17.3 Å². The Kier molecular flexibility index (Phi) is 2.92. The monoisotopic (exact) mass is 273 g/mol.